The van der Waals surface area contributed by atoms with Crippen LogP contribution in [0.25, 0.3) is 0 Å². The summed E-state index contributed by atoms with van der Waals surface area (Å²) in [5.41, 5.74) is 1.74. The zero-order valence-corrected chi connectivity index (χ0v) is 27.5. The molecule has 2 fully saturated rings. The van der Waals surface area contributed by atoms with E-state index in [1.807, 2.05) is 60.7 Å². The number of carbonyl (C=O) groups is 4. The van der Waals surface area contributed by atoms with E-state index in [9.17, 15) is 24.3 Å². The molecular formula is C34H43NO13. The number of aliphatic hydroxyl groups excluding tert-OH is 1. The van der Waals surface area contributed by atoms with Crippen molar-refractivity contribution in [3.63, 3.8) is 0 Å². The van der Waals surface area contributed by atoms with Crippen molar-refractivity contribution in [2.45, 2.75) is 109 Å². The van der Waals surface area contributed by atoms with Crippen LogP contribution < -0.4 is 5.32 Å². The van der Waals surface area contributed by atoms with Crippen LogP contribution in [-0.2, 0) is 70.3 Å². The molecule has 0 spiro atoms. The Hall–Kier alpha value is -3.92. The summed E-state index contributed by atoms with van der Waals surface area (Å²) in [6.45, 7) is 6.34. The van der Waals surface area contributed by atoms with Gasteiger partial charge in [-0.3, -0.25) is 19.2 Å². The standard InChI is InChI=1S/C34H43NO13/c1-19-28(42-16-24-12-8-6-9-13-24)31(43-17-25-14-10-7-11-15-25)32(33(40)44-19)48-34-27(35-20(2)36)30(46-23(5)39)29(45-22(4)38)26(47-34)18-41-21(3)37/h6-15,19,26-34,40H,16-18H2,1-5H3,(H,35,36)/t19-,26+,27+,28-,29+,30+,31+,32+,33+,34-/m0/s1. The Morgan fingerprint density at radius 1 is 0.708 bits per heavy atom. The molecule has 2 aliphatic heterocycles. The summed E-state index contributed by atoms with van der Waals surface area (Å²) in [5.74, 6) is -2.70. The van der Waals surface area contributed by atoms with E-state index >= 15 is 0 Å². The van der Waals surface area contributed by atoms with Crippen molar-refractivity contribution < 1.29 is 62.2 Å². The third-order valence-electron chi connectivity index (χ3n) is 7.68. The molecule has 4 rings (SSSR count). The van der Waals surface area contributed by atoms with E-state index in [4.69, 9.17) is 37.9 Å². The zero-order valence-electron chi connectivity index (χ0n) is 27.5. The fourth-order valence-corrected chi connectivity index (χ4v) is 5.65. The van der Waals surface area contributed by atoms with Crippen molar-refractivity contribution in [1.82, 2.24) is 5.32 Å². The van der Waals surface area contributed by atoms with Crippen LogP contribution in [0.1, 0.15) is 45.7 Å². The van der Waals surface area contributed by atoms with E-state index in [-0.39, 0.29) is 13.2 Å². The van der Waals surface area contributed by atoms with Crippen molar-refractivity contribution in [3.8, 4) is 0 Å². The molecule has 2 saturated heterocycles. The minimum absolute atomic E-state index is 0.121. The smallest absolute Gasteiger partial charge is 0.303 e. The van der Waals surface area contributed by atoms with Gasteiger partial charge in [-0.2, -0.15) is 0 Å². The minimum Gasteiger partial charge on any atom is -0.463 e. The van der Waals surface area contributed by atoms with Crippen LogP contribution in [0.15, 0.2) is 60.7 Å². The molecule has 0 saturated carbocycles. The van der Waals surface area contributed by atoms with E-state index in [0.717, 1.165) is 25.0 Å². The van der Waals surface area contributed by atoms with E-state index < -0.39 is 91.8 Å². The molecule has 2 aliphatic rings. The topological polar surface area (TPSA) is 174 Å². The first-order valence-electron chi connectivity index (χ1n) is 15.6. The number of benzene rings is 2. The maximum Gasteiger partial charge on any atom is 0.303 e. The summed E-state index contributed by atoms with van der Waals surface area (Å²) in [7, 11) is 0. The Balaban J connectivity index is 1.70. The van der Waals surface area contributed by atoms with Gasteiger partial charge in [0.1, 0.15) is 37.1 Å². The minimum atomic E-state index is -1.57. The number of esters is 3. The highest BCUT2D eigenvalue weighted by atomic mass is 16.7. The van der Waals surface area contributed by atoms with Crippen molar-refractivity contribution in [3.05, 3.63) is 71.8 Å². The molecule has 0 unspecified atom stereocenters. The van der Waals surface area contributed by atoms with Gasteiger partial charge >= 0.3 is 17.9 Å². The molecule has 48 heavy (non-hydrogen) atoms. The van der Waals surface area contributed by atoms with E-state index in [0.29, 0.717) is 0 Å². The lowest BCUT2D eigenvalue weighted by Gasteiger charge is -2.48. The molecule has 2 heterocycles. The lowest BCUT2D eigenvalue weighted by Crippen LogP contribution is -2.68. The lowest BCUT2D eigenvalue weighted by molar-refractivity contribution is -0.354. The Morgan fingerprint density at radius 3 is 1.77 bits per heavy atom. The second-order valence-electron chi connectivity index (χ2n) is 11.6. The fourth-order valence-electron chi connectivity index (χ4n) is 5.65. The molecule has 1 amide bonds. The van der Waals surface area contributed by atoms with E-state index in [2.05, 4.69) is 5.32 Å². The fraction of sp³-hybridized carbons (Fsp3) is 0.529. The molecule has 0 aromatic heterocycles. The highest BCUT2D eigenvalue weighted by Gasteiger charge is 2.54. The molecular weight excluding hydrogens is 630 g/mol. The van der Waals surface area contributed by atoms with Gasteiger partial charge in [0.05, 0.1) is 19.3 Å². The Kier molecular flexibility index (Phi) is 13.4. The number of rotatable bonds is 13. The largest absolute Gasteiger partial charge is 0.463 e. The van der Waals surface area contributed by atoms with Crippen LogP contribution in [0.2, 0.25) is 0 Å². The number of hydrogen-bond acceptors (Lipinski definition) is 13. The molecule has 0 bridgehead atoms. The number of amides is 1. The van der Waals surface area contributed by atoms with Crippen molar-refractivity contribution in [2.75, 3.05) is 6.61 Å². The maximum absolute atomic E-state index is 12.5. The first-order valence-corrected chi connectivity index (χ1v) is 15.6. The molecule has 2 N–H and O–H groups in total. The van der Waals surface area contributed by atoms with Gasteiger partial charge in [-0.15, -0.1) is 0 Å². The summed E-state index contributed by atoms with van der Waals surface area (Å²) >= 11 is 0. The van der Waals surface area contributed by atoms with Gasteiger partial charge in [0, 0.05) is 27.7 Å². The molecule has 0 aliphatic carbocycles. The molecule has 2 aromatic carbocycles. The quantitative estimate of drug-likeness (QED) is 0.233. The second kappa shape index (κ2) is 17.5. The summed E-state index contributed by atoms with van der Waals surface area (Å²) in [4.78, 5) is 48.6. The third-order valence-corrected chi connectivity index (χ3v) is 7.68. The number of carbonyl (C=O) groups excluding carboxylic acids is 4. The predicted octanol–water partition coefficient (Wildman–Crippen LogP) is 1.94. The SMILES string of the molecule is CC(=O)N[C@H]1[C@H](O[C@@H]2[C@H](OCc3ccccc3)[C@@H](OCc3ccccc3)[C@H](C)O[C@H]2O)O[C@H](COC(C)=O)[C@@H](OC(C)=O)[C@@H]1OC(C)=O. The predicted molar refractivity (Wildman–Crippen MR) is 165 cm³/mol. The van der Waals surface area contributed by atoms with Crippen LogP contribution in [-0.4, -0.2) is 96.9 Å². The second-order valence-corrected chi connectivity index (χ2v) is 11.6. The Bertz CT molecular complexity index is 1360. The molecule has 2 aromatic rings. The molecule has 14 heteroatoms. The average molecular weight is 674 g/mol. The Morgan fingerprint density at radius 2 is 1.25 bits per heavy atom. The highest BCUT2D eigenvalue weighted by Crippen LogP contribution is 2.34. The van der Waals surface area contributed by atoms with Gasteiger partial charge in [0.15, 0.2) is 24.8 Å². The average Bonchev–Trinajstić information content (AvgIpc) is 3.03. The van der Waals surface area contributed by atoms with Gasteiger partial charge in [-0.1, -0.05) is 60.7 Å². The third kappa shape index (κ3) is 10.3. The first kappa shape index (κ1) is 36.9. The molecule has 0 radical (unpaired) electrons. The van der Waals surface area contributed by atoms with E-state index in [1.54, 1.807) is 6.92 Å². The first-order chi connectivity index (χ1) is 22.9. The highest BCUT2D eigenvalue weighted by molar-refractivity contribution is 5.73. The van der Waals surface area contributed by atoms with Crippen molar-refractivity contribution >= 4 is 23.8 Å². The summed E-state index contributed by atoms with van der Waals surface area (Å²) < 4.78 is 47.4. The van der Waals surface area contributed by atoms with Crippen LogP contribution >= 0.6 is 0 Å². The number of nitrogens with one attached hydrogen (secondary N) is 1. The van der Waals surface area contributed by atoms with Gasteiger partial charge in [0.2, 0.25) is 5.91 Å². The molecule has 262 valence electrons. The maximum atomic E-state index is 12.5. The normalized spacial score (nSPS) is 30.1. The lowest BCUT2D eigenvalue weighted by atomic mass is 9.95. The number of ether oxygens (including phenoxy) is 8. The number of aliphatic hydroxyl groups is 1. The monoisotopic (exact) mass is 673 g/mol. The number of hydrogen-bond donors (Lipinski definition) is 2. The van der Waals surface area contributed by atoms with Gasteiger partial charge < -0.3 is 48.3 Å². The van der Waals surface area contributed by atoms with Gasteiger partial charge in [-0.05, 0) is 18.1 Å². The van der Waals surface area contributed by atoms with Crippen LogP contribution in [0.4, 0.5) is 0 Å². The molecule has 10 atom stereocenters. The van der Waals surface area contributed by atoms with Crippen molar-refractivity contribution in [2.24, 2.45) is 0 Å². The van der Waals surface area contributed by atoms with Gasteiger partial charge in [-0.25, -0.2) is 0 Å². The molecule has 14 nitrogen and oxygen atoms in total. The van der Waals surface area contributed by atoms with Crippen molar-refractivity contribution in [1.29, 1.82) is 0 Å². The summed E-state index contributed by atoms with van der Waals surface area (Å²) in [5, 5.41) is 13.9. The van der Waals surface area contributed by atoms with E-state index in [1.165, 1.54) is 13.8 Å². The van der Waals surface area contributed by atoms with Crippen LogP contribution in [0.3, 0.4) is 0 Å². The summed E-state index contributed by atoms with van der Waals surface area (Å²) in [6.07, 6.45) is -10.6. The van der Waals surface area contributed by atoms with Crippen LogP contribution in [0.5, 0.6) is 0 Å². The Labute approximate surface area is 278 Å². The summed E-state index contributed by atoms with van der Waals surface area (Å²) in [6, 6.07) is 17.6. The van der Waals surface area contributed by atoms with Gasteiger partial charge in [0.25, 0.3) is 0 Å². The van der Waals surface area contributed by atoms with Crippen LogP contribution in [0, 0.1) is 0 Å². The zero-order chi connectivity index (χ0) is 34.8.